The summed E-state index contributed by atoms with van der Waals surface area (Å²) < 4.78 is 10.2. The smallest absolute Gasteiger partial charge is 0.0453 e. The Morgan fingerprint density at radius 1 is 0.528 bits per heavy atom. The Balaban J connectivity index is 2.22. The van der Waals surface area contributed by atoms with E-state index in [-0.39, 0.29) is 0 Å². The molecule has 0 radical (unpaired) electrons. The van der Waals surface area contributed by atoms with Crippen molar-refractivity contribution < 1.29 is 1.37 Å². The highest BCUT2D eigenvalue weighted by atomic mass is 15.1. The second kappa shape index (κ2) is 12.9. The van der Waals surface area contributed by atoms with E-state index in [1.807, 2.05) is 0 Å². The van der Waals surface area contributed by atoms with Gasteiger partial charge in [0, 0.05) is 63.6 Å². The van der Waals surface area contributed by atoms with Crippen molar-refractivity contribution in [2.45, 2.75) is 61.3 Å². The third-order valence-electron chi connectivity index (χ3n) is 7.50. The molecule has 3 heteroatoms. The van der Waals surface area contributed by atoms with Gasteiger partial charge in [0.1, 0.15) is 0 Å². The average Bonchev–Trinajstić information content (AvgIpc) is 2.91. The van der Waals surface area contributed by atoms with Gasteiger partial charge in [-0.3, -0.25) is 0 Å². The van der Waals surface area contributed by atoms with Crippen LogP contribution in [-0.2, 0) is 0 Å². The lowest BCUT2D eigenvalue weighted by molar-refractivity contribution is 0.857. The molecule has 0 N–H and O–H groups in total. The maximum Gasteiger partial charge on any atom is 0.0453 e. The first-order valence-electron chi connectivity index (χ1n) is 14.4. The predicted octanol–water partition coefficient (Wildman–Crippen LogP) is 8.02. The van der Waals surface area contributed by atoms with Crippen LogP contribution in [0.2, 0.25) is 0 Å². The average molecular weight is 487 g/mol. The molecule has 0 aliphatic heterocycles. The minimum atomic E-state index is -1.01. The van der Waals surface area contributed by atoms with Gasteiger partial charge in [-0.05, 0) is 120 Å². The Morgan fingerprint density at radius 2 is 0.861 bits per heavy atom. The molecule has 0 saturated carbocycles. The van der Waals surface area contributed by atoms with Crippen LogP contribution in [0.15, 0.2) is 60.7 Å². The van der Waals surface area contributed by atoms with Gasteiger partial charge in [-0.25, -0.2) is 0 Å². The van der Waals surface area contributed by atoms with Crippen molar-refractivity contribution in [1.29, 1.82) is 0 Å². The fourth-order valence-corrected chi connectivity index (χ4v) is 5.31. The number of nitrogens with zero attached hydrogens (tertiary/aromatic N) is 3. The van der Waals surface area contributed by atoms with Gasteiger partial charge in [-0.1, -0.05) is 24.3 Å². The summed E-state index contributed by atoms with van der Waals surface area (Å²) in [6.07, 6.45) is 0. The Bertz CT molecular complexity index is 1080. The van der Waals surface area contributed by atoms with Crippen LogP contribution in [0.1, 0.15) is 76.6 Å². The summed E-state index contributed by atoms with van der Waals surface area (Å²) in [5, 5.41) is 0. The minimum absolute atomic E-state index is 0.972. The monoisotopic (exact) mass is 486 g/mol. The van der Waals surface area contributed by atoms with Gasteiger partial charge in [-0.2, -0.15) is 0 Å². The van der Waals surface area contributed by atoms with Crippen LogP contribution in [0.25, 0.3) is 0 Å². The second-order valence-electron chi connectivity index (χ2n) is 9.44. The number of hydrogen-bond donors (Lipinski definition) is 0. The zero-order chi connectivity index (χ0) is 27.2. The number of rotatable bonds is 12. The van der Waals surface area contributed by atoms with Gasteiger partial charge in [0.25, 0.3) is 0 Å². The summed E-state index contributed by atoms with van der Waals surface area (Å²) in [7, 11) is 0. The van der Waals surface area contributed by atoms with E-state index >= 15 is 0 Å². The van der Waals surface area contributed by atoms with Crippen molar-refractivity contribution in [2.75, 3.05) is 54.0 Å². The van der Waals surface area contributed by atoms with Gasteiger partial charge in [-0.15, -0.1) is 0 Å². The minimum Gasteiger partial charge on any atom is -0.372 e. The van der Waals surface area contributed by atoms with Crippen molar-refractivity contribution in [3.8, 4) is 0 Å². The molecule has 0 heterocycles. The molecule has 0 aromatic heterocycles. The van der Waals surface area contributed by atoms with Gasteiger partial charge >= 0.3 is 0 Å². The first-order chi connectivity index (χ1) is 17.8. The molecule has 3 nitrogen and oxygen atoms in total. The van der Waals surface area contributed by atoms with Gasteiger partial charge in [0.05, 0.1) is 0 Å². The molecular formula is C33H47N3. The highest BCUT2D eigenvalue weighted by Gasteiger charge is 2.22. The maximum atomic E-state index is 10.2. The first kappa shape index (κ1) is 26.1. The van der Waals surface area contributed by atoms with E-state index in [0.717, 1.165) is 67.1 Å². The highest BCUT2D eigenvalue weighted by Crippen LogP contribution is 2.38. The lowest BCUT2D eigenvalue weighted by Gasteiger charge is -2.28. The third-order valence-corrected chi connectivity index (χ3v) is 7.50. The Labute approximate surface area is 222 Å². The lowest BCUT2D eigenvalue weighted by Crippen LogP contribution is -2.22. The van der Waals surface area contributed by atoms with Gasteiger partial charge < -0.3 is 14.7 Å². The van der Waals surface area contributed by atoms with Crippen molar-refractivity contribution in [2.24, 2.45) is 0 Å². The lowest BCUT2D eigenvalue weighted by atomic mass is 9.81. The highest BCUT2D eigenvalue weighted by molar-refractivity contribution is 5.59. The molecule has 3 aromatic rings. The number of aryl methyl sites for hydroxylation is 2. The largest absolute Gasteiger partial charge is 0.372 e. The maximum absolute atomic E-state index is 10.2. The number of hydrogen-bond acceptors (Lipinski definition) is 3. The van der Waals surface area contributed by atoms with Crippen molar-refractivity contribution in [1.82, 2.24) is 0 Å². The van der Waals surface area contributed by atoms with Gasteiger partial charge in [0.2, 0.25) is 0 Å². The molecule has 0 saturated heterocycles. The van der Waals surface area contributed by atoms with Gasteiger partial charge in [0.15, 0.2) is 0 Å². The van der Waals surface area contributed by atoms with E-state index in [2.05, 4.69) is 131 Å². The fraction of sp³-hybridized carbons (Fsp3) is 0.455. The standard InChI is InChI=1S/C33H47N3/c1-9-34(10-2)28-17-15-27(16-18-28)33(31-21-19-29(23-25(31)7)35(11-3)12-4)32-22-20-30(24-26(32)8)36(13-5)14-6/h15-24,33H,9-14H2,1-8H3/i33D. The van der Waals surface area contributed by atoms with Crippen LogP contribution in [0.5, 0.6) is 0 Å². The predicted molar refractivity (Wildman–Crippen MR) is 160 cm³/mol. The molecule has 3 rings (SSSR count). The molecule has 194 valence electrons. The normalized spacial score (nSPS) is 11.8. The van der Waals surface area contributed by atoms with Crippen molar-refractivity contribution >= 4 is 17.1 Å². The summed E-state index contributed by atoms with van der Waals surface area (Å²) in [4.78, 5) is 7.08. The number of benzene rings is 3. The van der Waals surface area contributed by atoms with Crippen LogP contribution in [0.3, 0.4) is 0 Å². The SMILES string of the molecule is [2H]C(c1ccc(N(CC)CC)cc1)(c1ccc(N(CC)CC)cc1C)c1ccc(N(CC)CC)cc1C. The summed E-state index contributed by atoms with van der Waals surface area (Å²) in [5.41, 5.74) is 9.03. The van der Waals surface area contributed by atoms with E-state index in [1.165, 1.54) is 17.1 Å². The van der Waals surface area contributed by atoms with Crippen molar-refractivity contribution in [3.63, 3.8) is 0 Å². The van der Waals surface area contributed by atoms with E-state index in [1.54, 1.807) is 0 Å². The second-order valence-corrected chi connectivity index (χ2v) is 9.44. The van der Waals surface area contributed by atoms with E-state index in [4.69, 9.17) is 0 Å². The molecule has 0 bridgehead atoms. The zero-order valence-corrected chi connectivity index (χ0v) is 23.9. The van der Waals surface area contributed by atoms with Crippen molar-refractivity contribution in [3.05, 3.63) is 88.5 Å². The van der Waals surface area contributed by atoms with E-state index < -0.39 is 5.89 Å². The summed E-state index contributed by atoms with van der Waals surface area (Å²) >= 11 is 0. The molecule has 0 spiro atoms. The Morgan fingerprint density at radius 3 is 1.19 bits per heavy atom. The topological polar surface area (TPSA) is 9.72 Å². The fourth-order valence-electron chi connectivity index (χ4n) is 5.31. The molecule has 3 aromatic carbocycles. The molecule has 0 amide bonds. The molecule has 0 unspecified atom stereocenters. The molecule has 0 fully saturated rings. The zero-order valence-electron chi connectivity index (χ0n) is 24.9. The first-order valence-corrected chi connectivity index (χ1v) is 13.9. The van der Waals surface area contributed by atoms with Crippen LogP contribution >= 0.6 is 0 Å². The summed E-state index contributed by atoms with van der Waals surface area (Å²) in [6.45, 7) is 23.3. The van der Waals surface area contributed by atoms with Crippen LogP contribution < -0.4 is 14.7 Å². The Hall–Kier alpha value is -2.94. The molecule has 0 atom stereocenters. The summed E-state index contributed by atoms with van der Waals surface area (Å²) in [5.74, 6) is -1.01. The molecule has 0 aliphatic carbocycles. The molecule has 0 aliphatic rings. The Kier molecular flexibility index (Phi) is 9.33. The van der Waals surface area contributed by atoms with E-state index in [9.17, 15) is 1.37 Å². The molecule has 36 heavy (non-hydrogen) atoms. The third kappa shape index (κ3) is 5.88. The summed E-state index contributed by atoms with van der Waals surface area (Å²) in [6, 6.07) is 22.0. The molecular weight excluding hydrogens is 438 g/mol. The van der Waals surface area contributed by atoms with Crippen LogP contribution in [-0.4, -0.2) is 39.3 Å². The quantitative estimate of drug-likeness (QED) is 0.240. The van der Waals surface area contributed by atoms with Crippen LogP contribution in [0, 0.1) is 13.8 Å². The van der Waals surface area contributed by atoms with Crippen LogP contribution in [0.4, 0.5) is 17.1 Å². The van der Waals surface area contributed by atoms with E-state index in [0.29, 0.717) is 0 Å². The number of anilines is 3.